The Morgan fingerprint density at radius 1 is 1.00 bits per heavy atom. The lowest BCUT2D eigenvalue weighted by Gasteiger charge is -2.17. The fourth-order valence-corrected chi connectivity index (χ4v) is 2.12. The van der Waals surface area contributed by atoms with Crippen molar-refractivity contribution in [2.24, 2.45) is 0 Å². The Morgan fingerprint density at radius 2 is 1.67 bits per heavy atom. The van der Waals surface area contributed by atoms with Crippen LogP contribution in [0.2, 0.25) is 0 Å². The van der Waals surface area contributed by atoms with Gasteiger partial charge in [0.2, 0.25) is 0 Å². The molecule has 0 bridgehead atoms. The van der Waals surface area contributed by atoms with E-state index < -0.39 is 5.92 Å². The summed E-state index contributed by atoms with van der Waals surface area (Å²) in [7, 11) is 0. The largest absolute Gasteiger partial charge is 0.311 e. The van der Waals surface area contributed by atoms with Gasteiger partial charge in [-0.3, -0.25) is 0 Å². The second-order valence-corrected chi connectivity index (χ2v) is 5.14. The molecule has 1 rings (SSSR count). The molecule has 0 heterocycles. The van der Waals surface area contributed by atoms with Crippen LogP contribution >= 0.6 is 15.9 Å². The summed E-state index contributed by atoms with van der Waals surface area (Å²) < 4.78 is 27.4. The van der Waals surface area contributed by atoms with E-state index in [4.69, 9.17) is 0 Å². The van der Waals surface area contributed by atoms with E-state index >= 15 is 0 Å². The third-order valence-electron chi connectivity index (χ3n) is 2.78. The van der Waals surface area contributed by atoms with E-state index in [1.54, 1.807) is 18.2 Å². The van der Waals surface area contributed by atoms with Crippen molar-refractivity contribution in [3.8, 4) is 0 Å². The minimum atomic E-state index is -2.78. The van der Waals surface area contributed by atoms with Gasteiger partial charge in [-0.2, -0.15) is 8.78 Å². The van der Waals surface area contributed by atoms with Crippen molar-refractivity contribution in [3.05, 3.63) is 35.9 Å². The molecule has 1 aromatic rings. The third kappa shape index (κ3) is 5.91. The molecule has 1 nitrogen and oxygen atoms in total. The standard InChI is InChI=1S/C14H20BrF2N/c15-10-6-1-2-7-11-18-12-14(16,17)13-8-4-3-5-9-13/h3-5,8-9,18H,1-2,6-7,10-12H2. The molecular formula is C14H20BrF2N. The van der Waals surface area contributed by atoms with E-state index in [-0.39, 0.29) is 12.1 Å². The lowest BCUT2D eigenvalue weighted by atomic mass is 10.1. The van der Waals surface area contributed by atoms with Crippen LogP contribution in [0.4, 0.5) is 8.78 Å². The number of benzene rings is 1. The molecular weight excluding hydrogens is 300 g/mol. The van der Waals surface area contributed by atoms with Crippen LogP contribution in [0.25, 0.3) is 0 Å². The van der Waals surface area contributed by atoms with Crippen LogP contribution in [0.15, 0.2) is 30.3 Å². The first-order chi connectivity index (χ1) is 8.67. The molecule has 102 valence electrons. The number of alkyl halides is 3. The first-order valence-electron chi connectivity index (χ1n) is 6.37. The zero-order chi connectivity index (χ0) is 13.3. The van der Waals surface area contributed by atoms with Gasteiger partial charge in [0.15, 0.2) is 0 Å². The highest BCUT2D eigenvalue weighted by Gasteiger charge is 2.30. The lowest BCUT2D eigenvalue weighted by Crippen LogP contribution is -2.31. The molecule has 0 amide bonds. The van der Waals surface area contributed by atoms with Gasteiger partial charge in [0.05, 0.1) is 6.54 Å². The fourth-order valence-electron chi connectivity index (χ4n) is 1.73. The Hall–Kier alpha value is -0.480. The molecule has 0 spiro atoms. The van der Waals surface area contributed by atoms with Crippen molar-refractivity contribution in [1.82, 2.24) is 5.32 Å². The molecule has 18 heavy (non-hydrogen) atoms. The summed E-state index contributed by atoms with van der Waals surface area (Å²) in [6.07, 6.45) is 4.36. The quantitative estimate of drug-likeness (QED) is 0.528. The minimum Gasteiger partial charge on any atom is -0.311 e. The molecule has 0 saturated carbocycles. The average molecular weight is 320 g/mol. The highest BCUT2D eigenvalue weighted by atomic mass is 79.9. The second-order valence-electron chi connectivity index (χ2n) is 4.35. The molecule has 0 fully saturated rings. The second kappa shape index (κ2) is 8.59. The molecule has 0 saturated heterocycles. The Balaban J connectivity index is 2.18. The summed E-state index contributed by atoms with van der Waals surface area (Å²) in [6.45, 7) is 0.375. The van der Waals surface area contributed by atoms with Gasteiger partial charge in [-0.1, -0.05) is 59.1 Å². The number of hydrogen-bond donors (Lipinski definition) is 1. The predicted octanol–water partition coefficient (Wildman–Crippen LogP) is 4.32. The Morgan fingerprint density at radius 3 is 2.33 bits per heavy atom. The van der Waals surface area contributed by atoms with Gasteiger partial charge < -0.3 is 5.32 Å². The molecule has 0 aliphatic heterocycles. The van der Waals surface area contributed by atoms with Crippen molar-refractivity contribution >= 4 is 15.9 Å². The van der Waals surface area contributed by atoms with Gasteiger partial charge in [0.25, 0.3) is 5.92 Å². The molecule has 0 radical (unpaired) electrons. The number of halogens is 3. The Bertz CT molecular complexity index is 317. The highest BCUT2D eigenvalue weighted by molar-refractivity contribution is 9.09. The molecule has 1 N–H and O–H groups in total. The molecule has 0 unspecified atom stereocenters. The van der Waals surface area contributed by atoms with Crippen LogP contribution in [0.3, 0.4) is 0 Å². The summed E-state index contributed by atoms with van der Waals surface area (Å²) in [5, 5.41) is 3.86. The van der Waals surface area contributed by atoms with E-state index in [9.17, 15) is 8.78 Å². The van der Waals surface area contributed by atoms with E-state index in [1.165, 1.54) is 12.1 Å². The van der Waals surface area contributed by atoms with E-state index in [2.05, 4.69) is 21.2 Å². The van der Waals surface area contributed by atoms with E-state index in [1.807, 2.05) is 0 Å². The molecule has 0 aliphatic rings. The maximum absolute atomic E-state index is 13.7. The lowest BCUT2D eigenvalue weighted by molar-refractivity contribution is -0.00301. The first-order valence-corrected chi connectivity index (χ1v) is 7.49. The van der Waals surface area contributed by atoms with Gasteiger partial charge in [-0.25, -0.2) is 0 Å². The summed E-state index contributed by atoms with van der Waals surface area (Å²) in [4.78, 5) is 0. The normalized spacial score (nSPS) is 11.7. The Labute approximate surface area is 116 Å². The van der Waals surface area contributed by atoms with Crippen molar-refractivity contribution in [1.29, 1.82) is 0 Å². The maximum atomic E-state index is 13.7. The number of rotatable bonds is 9. The zero-order valence-electron chi connectivity index (χ0n) is 10.5. The SMILES string of the molecule is FC(F)(CNCCCCCCBr)c1ccccc1. The summed E-state index contributed by atoms with van der Waals surface area (Å²) in [5.74, 6) is -2.78. The molecule has 4 heteroatoms. The van der Waals surface area contributed by atoms with Crippen LogP contribution in [-0.4, -0.2) is 18.4 Å². The summed E-state index contributed by atoms with van der Waals surface area (Å²) >= 11 is 3.37. The highest BCUT2D eigenvalue weighted by Crippen LogP contribution is 2.26. The number of hydrogen-bond acceptors (Lipinski definition) is 1. The maximum Gasteiger partial charge on any atom is 0.285 e. The minimum absolute atomic E-state index is 0.0804. The Kier molecular flexibility index (Phi) is 7.44. The topological polar surface area (TPSA) is 12.0 Å². The predicted molar refractivity (Wildman–Crippen MR) is 75.5 cm³/mol. The van der Waals surface area contributed by atoms with Crippen LogP contribution in [0.1, 0.15) is 31.2 Å². The van der Waals surface area contributed by atoms with Crippen LogP contribution in [-0.2, 0) is 5.92 Å². The summed E-state index contributed by atoms with van der Waals surface area (Å²) in [5.41, 5.74) is 0.0804. The summed E-state index contributed by atoms with van der Waals surface area (Å²) in [6, 6.07) is 7.97. The van der Waals surface area contributed by atoms with Gasteiger partial charge in [-0.05, 0) is 19.4 Å². The zero-order valence-corrected chi connectivity index (χ0v) is 12.1. The van der Waals surface area contributed by atoms with Crippen LogP contribution < -0.4 is 5.32 Å². The van der Waals surface area contributed by atoms with Crippen LogP contribution in [0, 0.1) is 0 Å². The molecule has 0 aliphatic carbocycles. The molecule has 0 aromatic heterocycles. The van der Waals surface area contributed by atoms with Crippen molar-refractivity contribution in [2.75, 3.05) is 18.4 Å². The fraction of sp³-hybridized carbons (Fsp3) is 0.571. The molecule has 0 atom stereocenters. The number of unbranched alkanes of at least 4 members (excludes halogenated alkanes) is 3. The van der Waals surface area contributed by atoms with Crippen LogP contribution in [0.5, 0.6) is 0 Å². The molecule has 1 aromatic carbocycles. The smallest absolute Gasteiger partial charge is 0.285 e. The van der Waals surface area contributed by atoms with Crippen molar-refractivity contribution in [2.45, 2.75) is 31.6 Å². The third-order valence-corrected chi connectivity index (χ3v) is 3.34. The monoisotopic (exact) mass is 319 g/mol. The number of nitrogens with one attached hydrogen (secondary N) is 1. The van der Waals surface area contributed by atoms with E-state index in [0.29, 0.717) is 6.54 Å². The van der Waals surface area contributed by atoms with Crippen molar-refractivity contribution in [3.63, 3.8) is 0 Å². The van der Waals surface area contributed by atoms with Gasteiger partial charge >= 0.3 is 0 Å². The van der Waals surface area contributed by atoms with Crippen molar-refractivity contribution < 1.29 is 8.78 Å². The van der Waals surface area contributed by atoms with E-state index in [0.717, 1.165) is 31.0 Å². The van der Waals surface area contributed by atoms with Gasteiger partial charge in [0, 0.05) is 10.9 Å². The van der Waals surface area contributed by atoms with Gasteiger partial charge in [-0.15, -0.1) is 0 Å². The average Bonchev–Trinajstić information content (AvgIpc) is 2.39. The van der Waals surface area contributed by atoms with Gasteiger partial charge in [0.1, 0.15) is 0 Å². The first kappa shape index (κ1) is 15.6.